The second kappa shape index (κ2) is 2.97. The summed E-state index contributed by atoms with van der Waals surface area (Å²) in [6.07, 6.45) is 4.56. The van der Waals surface area contributed by atoms with Crippen molar-refractivity contribution in [1.82, 2.24) is 0 Å². The van der Waals surface area contributed by atoms with Crippen LogP contribution in [0.3, 0.4) is 0 Å². The molecule has 0 saturated heterocycles. The first-order chi connectivity index (χ1) is 5.36. The van der Waals surface area contributed by atoms with Gasteiger partial charge in [-0.1, -0.05) is 30.3 Å². The predicted octanol–water partition coefficient (Wildman–Crippen LogP) is 3.10. The van der Waals surface area contributed by atoms with Crippen molar-refractivity contribution in [3.8, 4) is 0 Å². The van der Waals surface area contributed by atoms with Crippen LogP contribution in [0.2, 0.25) is 0 Å². The van der Waals surface area contributed by atoms with Crippen LogP contribution in [0.15, 0.2) is 33.9 Å². The van der Waals surface area contributed by atoms with Crippen molar-refractivity contribution >= 4 is 22.6 Å². The summed E-state index contributed by atoms with van der Waals surface area (Å²) in [5, 5.41) is 0. The van der Waals surface area contributed by atoms with E-state index in [1.807, 2.05) is 0 Å². The molecule has 0 bridgehead atoms. The van der Waals surface area contributed by atoms with Crippen molar-refractivity contribution in [3.05, 3.63) is 45.0 Å². The lowest BCUT2D eigenvalue weighted by Gasteiger charge is -2.12. The van der Waals surface area contributed by atoms with E-state index in [1.165, 1.54) is 14.7 Å². The van der Waals surface area contributed by atoms with E-state index in [2.05, 4.69) is 52.9 Å². The molecule has 0 saturated carbocycles. The fraction of sp³-hybridized carbons (Fsp3) is 0.200. The van der Waals surface area contributed by atoms with E-state index in [1.54, 1.807) is 0 Å². The Morgan fingerprint density at radius 1 is 1.09 bits per heavy atom. The zero-order chi connectivity index (χ0) is 7.68. The van der Waals surface area contributed by atoms with Crippen molar-refractivity contribution in [2.45, 2.75) is 12.8 Å². The second-order valence-corrected chi connectivity index (χ2v) is 4.19. The van der Waals surface area contributed by atoms with Crippen LogP contribution in [0.25, 0.3) is 0 Å². The van der Waals surface area contributed by atoms with Gasteiger partial charge in [0.25, 0.3) is 0 Å². The highest BCUT2D eigenvalue weighted by Crippen LogP contribution is 2.23. The molecule has 0 heterocycles. The number of fused-ring (bicyclic) bond motifs is 1. The smallest absolute Gasteiger partial charge is 0.00322 e. The Bertz CT molecular complexity index is 299. The van der Waals surface area contributed by atoms with E-state index in [9.17, 15) is 0 Å². The first-order valence-corrected chi connectivity index (χ1v) is 4.85. The van der Waals surface area contributed by atoms with Gasteiger partial charge < -0.3 is 0 Å². The Morgan fingerprint density at radius 3 is 2.64 bits per heavy atom. The maximum Gasteiger partial charge on any atom is 0.00322 e. The third kappa shape index (κ3) is 1.48. The summed E-state index contributed by atoms with van der Waals surface area (Å²) < 4.78 is 1.47. The average molecular weight is 256 g/mol. The average Bonchev–Trinajstić information content (AvgIpc) is 2.04. The van der Waals surface area contributed by atoms with Crippen molar-refractivity contribution in [2.75, 3.05) is 0 Å². The molecule has 11 heavy (non-hydrogen) atoms. The zero-order valence-electron chi connectivity index (χ0n) is 6.18. The fourth-order valence-electron chi connectivity index (χ4n) is 1.40. The molecule has 0 aromatic heterocycles. The summed E-state index contributed by atoms with van der Waals surface area (Å²) >= 11 is 2.41. The predicted molar refractivity (Wildman–Crippen MR) is 56.0 cm³/mol. The fourth-order valence-corrected chi connectivity index (χ4v) is 2.03. The lowest BCUT2D eigenvalue weighted by Crippen LogP contribution is -1.98. The summed E-state index contributed by atoms with van der Waals surface area (Å²) in [4.78, 5) is 0. The van der Waals surface area contributed by atoms with Crippen molar-refractivity contribution < 1.29 is 0 Å². The molecule has 0 unspecified atom stereocenters. The highest BCUT2D eigenvalue weighted by atomic mass is 127. The van der Waals surface area contributed by atoms with Gasteiger partial charge in [-0.3, -0.25) is 0 Å². The van der Waals surface area contributed by atoms with Crippen LogP contribution in [0.1, 0.15) is 11.1 Å². The monoisotopic (exact) mass is 256 g/mol. The Kier molecular flexibility index (Phi) is 1.98. The molecule has 0 radical (unpaired) electrons. The van der Waals surface area contributed by atoms with Gasteiger partial charge in [0.05, 0.1) is 0 Å². The molecule has 1 heteroatoms. The molecule has 1 aromatic rings. The number of rotatable bonds is 0. The van der Waals surface area contributed by atoms with E-state index < -0.39 is 0 Å². The molecule has 0 atom stereocenters. The SMILES string of the molecule is IC1=CCc2ccccc2C1. The minimum Gasteiger partial charge on any atom is -0.0705 e. The highest BCUT2D eigenvalue weighted by molar-refractivity contribution is 14.1. The van der Waals surface area contributed by atoms with E-state index >= 15 is 0 Å². The summed E-state index contributed by atoms with van der Waals surface area (Å²) in [5.41, 5.74) is 2.99. The normalized spacial score (nSPS) is 15.5. The van der Waals surface area contributed by atoms with Crippen molar-refractivity contribution in [2.24, 2.45) is 0 Å². The Morgan fingerprint density at radius 2 is 1.82 bits per heavy atom. The quantitative estimate of drug-likeness (QED) is 0.625. The molecular formula is C10H9I. The molecule has 0 N–H and O–H groups in total. The van der Waals surface area contributed by atoms with Gasteiger partial charge in [0.15, 0.2) is 0 Å². The van der Waals surface area contributed by atoms with Gasteiger partial charge in [0, 0.05) is 6.42 Å². The van der Waals surface area contributed by atoms with Gasteiger partial charge in [0.1, 0.15) is 0 Å². The van der Waals surface area contributed by atoms with Gasteiger partial charge in [-0.2, -0.15) is 0 Å². The summed E-state index contributed by atoms with van der Waals surface area (Å²) in [5.74, 6) is 0. The molecule has 0 fully saturated rings. The Balaban J connectivity index is 2.42. The van der Waals surface area contributed by atoms with E-state index in [4.69, 9.17) is 0 Å². The van der Waals surface area contributed by atoms with Gasteiger partial charge in [0.2, 0.25) is 0 Å². The van der Waals surface area contributed by atoms with E-state index in [-0.39, 0.29) is 0 Å². The third-order valence-electron chi connectivity index (χ3n) is 2.02. The lowest BCUT2D eigenvalue weighted by molar-refractivity contribution is 1.09. The van der Waals surface area contributed by atoms with Crippen LogP contribution < -0.4 is 0 Å². The van der Waals surface area contributed by atoms with Crippen LogP contribution in [-0.2, 0) is 12.8 Å². The molecule has 0 nitrogen and oxygen atoms in total. The van der Waals surface area contributed by atoms with Gasteiger partial charge in [-0.05, 0) is 43.7 Å². The molecule has 1 aliphatic carbocycles. The Labute approximate surface area is 80.5 Å². The maximum atomic E-state index is 2.41. The van der Waals surface area contributed by atoms with Gasteiger partial charge >= 0.3 is 0 Å². The minimum absolute atomic E-state index is 1.12. The first-order valence-electron chi connectivity index (χ1n) is 3.77. The summed E-state index contributed by atoms with van der Waals surface area (Å²) in [7, 11) is 0. The Hall–Kier alpha value is -0.310. The lowest BCUT2D eigenvalue weighted by atomic mass is 9.97. The molecule has 2 rings (SSSR count). The standard InChI is InChI=1S/C10H9I/c11-10-6-5-8-3-1-2-4-9(8)7-10/h1-4,6H,5,7H2. The van der Waals surface area contributed by atoms with E-state index in [0.29, 0.717) is 0 Å². The van der Waals surface area contributed by atoms with E-state index in [0.717, 1.165) is 12.8 Å². The number of allylic oxidation sites excluding steroid dienone is 2. The van der Waals surface area contributed by atoms with Gasteiger partial charge in [-0.15, -0.1) is 0 Å². The molecule has 0 spiro atoms. The highest BCUT2D eigenvalue weighted by Gasteiger charge is 2.06. The number of halogens is 1. The molecule has 0 aliphatic heterocycles. The molecule has 1 aromatic carbocycles. The van der Waals surface area contributed by atoms with Crippen molar-refractivity contribution in [1.29, 1.82) is 0 Å². The van der Waals surface area contributed by atoms with Crippen LogP contribution in [-0.4, -0.2) is 0 Å². The second-order valence-electron chi connectivity index (χ2n) is 2.80. The molecular weight excluding hydrogens is 247 g/mol. The third-order valence-corrected chi connectivity index (χ3v) is 2.84. The number of hydrogen-bond donors (Lipinski definition) is 0. The maximum absolute atomic E-state index is 2.41. The van der Waals surface area contributed by atoms with Crippen LogP contribution in [0.4, 0.5) is 0 Å². The largest absolute Gasteiger partial charge is 0.0705 e. The zero-order valence-corrected chi connectivity index (χ0v) is 8.34. The first kappa shape index (κ1) is 7.35. The van der Waals surface area contributed by atoms with Crippen LogP contribution in [0, 0.1) is 0 Å². The summed E-state index contributed by atoms with van der Waals surface area (Å²) in [6.45, 7) is 0. The molecule has 1 aliphatic rings. The molecule has 56 valence electrons. The number of hydrogen-bond acceptors (Lipinski definition) is 0. The molecule has 0 amide bonds. The van der Waals surface area contributed by atoms with Gasteiger partial charge in [-0.25, -0.2) is 0 Å². The van der Waals surface area contributed by atoms with Crippen molar-refractivity contribution in [3.63, 3.8) is 0 Å². The topological polar surface area (TPSA) is 0 Å². The number of benzene rings is 1. The minimum atomic E-state index is 1.12. The van der Waals surface area contributed by atoms with Crippen LogP contribution in [0.5, 0.6) is 0 Å². The summed E-state index contributed by atoms with van der Waals surface area (Å²) in [6, 6.07) is 8.68. The van der Waals surface area contributed by atoms with Crippen LogP contribution >= 0.6 is 22.6 Å².